The largest absolute Gasteiger partial charge is 0.326 e. The molecule has 0 spiro atoms. The van der Waals surface area contributed by atoms with Gasteiger partial charge in [0.05, 0.1) is 5.02 Å². The van der Waals surface area contributed by atoms with Gasteiger partial charge < -0.3 is 5.32 Å². The van der Waals surface area contributed by atoms with Crippen LogP contribution in [-0.2, 0) is 4.79 Å². The van der Waals surface area contributed by atoms with E-state index < -0.39 is 0 Å². The monoisotopic (exact) mass is 182 g/mol. The number of hydrogen-bond donors (Lipinski definition) is 1. The van der Waals surface area contributed by atoms with Crippen LogP contribution in [0.1, 0.15) is 12.5 Å². The van der Waals surface area contributed by atoms with Crippen molar-refractivity contribution in [3.63, 3.8) is 0 Å². The van der Waals surface area contributed by atoms with Crippen LogP contribution < -0.4 is 5.32 Å². The Bertz CT molecular complexity index is 289. The molecule has 0 fully saturated rings. The van der Waals surface area contributed by atoms with E-state index in [4.69, 9.17) is 11.6 Å². The van der Waals surface area contributed by atoms with Crippen molar-refractivity contribution in [2.24, 2.45) is 0 Å². The van der Waals surface area contributed by atoms with E-state index in [-0.39, 0.29) is 5.91 Å². The van der Waals surface area contributed by atoms with Crippen molar-refractivity contribution in [2.45, 2.75) is 13.8 Å². The number of carbonyl (C=O) groups is 1. The van der Waals surface area contributed by atoms with Gasteiger partial charge in [-0.3, -0.25) is 4.79 Å². The minimum atomic E-state index is -0.100. The molecule has 0 aliphatic heterocycles. The van der Waals surface area contributed by atoms with Crippen LogP contribution in [0.3, 0.4) is 0 Å². The van der Waals surface area contributed by atoms with Gasteiger partial charge in [-0.2, -0.15) is 0 Å². The number of amides is 1. The van der Waals surface area contributed by atoms with Crippen molar-refractivity contribution in [1.82, 2.24) is 0 Å². The first-order valence-corrected chi connectivity index (χ1v) is 3.93. The predicted octanol–water partition coefficient (Wildman–Crippen LogP) is 2.41. The van der Waals surface area contributed by atoms with E-state index in [0.29, 0.717) is 10.7 Å². The Balaban J connectivity index is 2.93. The fourth-order valence-corrected chi connectivity index (χ4v) is 1.21. The number of carbonyl (C=O) groups excluding carboxylic acids is 1. The van der Waals surface area contributed by atoms with E-state index in [0.717, 1.165) is 5.56 Å². The fourth-order valence-electron chi connectivity index (χ4n) is 0.947. The molecule has 0 bridgehead atoms. The number of benzene rings is 1. The van der Waals surface area contributed by atoms with Crippen LogP contribution in [0.2, 0.25) is 5.02 Å². The zero-order chi connectivity index (χ0) is 9.14. The summed E-state index contributed by atoms with van der Waals surface area (Å²) in [6, 6.07) is 6.37. The van der Waals surface area contributed by atoms with Crippen molar-refractivity contribution < 1.29 is 4.79 Å². The maximum absolute atomic E-state index is 10.7. The highest BCUT2D eigenvalue weighted by atomic mass is 35.5. The van der Waals surface area contributed by atoms with Crippen LogP contribution in [0.5, 0.6) is 0 Å². The highest BCUT2D eigenvalue weighted by Crippen LogP contribution is 2.17. The summed E-state index contributed by atoms with van der Waals surface area (Å²) in [6.45, 7) is 3.33. The van der Waals surface area contributed by atoms with E-state index in [1.807, 2.05) is 13.0 Å². The molecule has 3 heteroatoms. The molecule has 1 aromatic rings. The summed E-state index contributed by atoms with van der Waals surface area (Å²) in [6.07, 6.45) is 0. The van der Waals surface area contributed by atoms with Gasteiger partial charge >= 0.3 is 0 Å². The molecule has 0 saturated heterocycles. The summed E-state index contributed by atoms with van der Waals surface area (Å²) in [5, 5.41) is 3.16. The van der Waals surface area contributed by atoms with Crippen LogP contribution in [-0.4, -0.2) is 5.91 Å². The summed E-state index contributed by atoms with van der Waals surface area (Å²) in [5.74, 6) is -0.100. The number of anilines is 1. The van der Waals surface area contributed by atoms with Crippen molar-refractivity contribution >= 4 is 23.2 Å². The molecule has 63 valence electrons. The molecule has 0 unspecified atom stereocenters. The van der Waals surface area contributed by atoms with Crippen LogP contribution in [0.15, 0.2) is 12.1 Å². The van der Waals surface area contributed by atoms with Gasteiger partial charge in [0.15, 0.2) is 0 Å². The standard InChI is InChI=1S/C9H9ClNO/c1-6-3-8(10)5-9(4-6)11-7(2)12/h4-5H,1-2H3,(H,11,12). The second-order valence-corrected chi connectivity index (χ2v) is 2.99. The van der Waals surface area contributed by atoms with Crippen molar-refractivity contribution in [1.29, 1.82) is 0 Å². The van der Waals surface area contributed by atoms with Crippen molar-refractivity contribution in [2.75, 3.05) is 5.32 Å². The molecular weight excluding hydrogens is 174 g/mol. The lowest BCUT2D eigenvalue weighted by Crippen LogP contribution is -2.05. The molecule has 1 radical (unpaired) electrons. The summed E-state index contributed by atoms with van der Waals surface area (Å²) < 4.78 is 0. The quantitative estimate of drug-likeness (QED) is 0.710. The van der Waals surface area contributed by atoms with Crippen LogP contribution in [0.4, 0.5) is 5.69 Å². The summed E-state index contributed by atoms with van der Waals surface area (Å²) >= 11 is 5.73. The molecule has 0 saturated carbocycles. The molecular formula is C9H9ClNO. The fraction of sp³-hybridized carbons (Fsp3) is 0.222. The van der Waals surface area contributed by atoms with Gasteiger partial charge in [0.2, 0.25) is 5.91 Å². The van der Waals surface area contributed by atoms with E-state index >= 15 is 0 Å². The second kappa shape index (κ2) is 3.59. The summed E-state index contributed by atoms with van der Waals surface area (Å²) in [5.41, 5.74) is 1.62. The molecule has 1 rings (SSSR count). The normalized spacial score (nSPS) is 9.58. The highest BCUT2D eigenvalue weighted by Gasteiger charge is 1.98. The topological polar surface area (TPSA) is 29.1 Å². The average Bonchev–Trinajstić information content (AvgIpc) is 1.81. The number of halogens is 1. The van der Waals surface area contributed by atoms with Gasteiger partial charge in [0.25, 0.3) is 0 Å². The SMILES string of the molecule is CC(=O)Nc1cc(C)[c]c(Cl)c1. The molecule has 0 aliphatic rings. The first-order chi connectivity index (χ1) is 5.58. The molecule has 0 aliphatic carbocycles. The molecule has 0 aromatic heterocycles. The van der Waals surface area contributed by atoms with Crippen molar-refractivity contribution in [3.05, 3.63) is 28.8 Å². The van der Waals surface area contributed by atoms with E-state index in [2.05, 4.69) is 11.4 Å². The third-order valence-electron chi connectivity index (χ3n) is 1.29. The number of nitrogens with one attached hydrogen (secondary N) is 1. The lowest BCUT2D eigenvalue weighted by molar-refractivity contribution is -0.114. The molecule has 1 N–H and O–H groups in total. The maximum Gasteiger partial charge on any atom is 0.221 e. The molecule has 1 amide bonds. The van der Waals surface area contributed by atoms with E-state index in [1.165, 1.54) is 6.92 Å². The zero-order valence-corrected chi connectivity index (χ0v) is 7.70. The van der Waals surface area contributed by atoms with Gasteiger partial charge in [-0.05, 0) is 24.6 Å². The average molecular weight is 183 g/mol. The van der Waals surface area contributed by atoms with Crippen LogP contribution in [0.25, 0.3) is 0 Å². The number of aryl methyl sites for hydroxylation is 1. The lowest BCUT2D eigenvalue weighted by atomic mass is 10.2. The van der Waals surface area contributed by atoms with Crippen LogP contribution >= 0.6 is 11.6 Å². The molecule has 2 nitrogen and oxygen atoms in total. The molecule has 1 aromatic carbocycles. The van der Waals surface area contributed by atoms with Gasteiger partial charge in [-0.25, -0.2) is 0 Å². The van der Waals surface area contributed by atoms with Gasteiger partial charge in [-0.1, -0.05) is 11.6 Å². The van der Waals surface area contributed by atoms with Crippen molar-refractivity contribution in [3.8, 4) is 0 Å². The Morgan fingerprint density at radius 2 is 2.25 bits per heavy atom. The summed E-state index contributed by atoms with van der Waals surface area (Å²) in [7, 11) is 0. The maximum atomic E-state index is 10.7. The molecule has 0 atom stereocenters. The smallest absolute Gasteiger partial charge is 0.221 e. The lowest BCUT2D eigenvalue weighted by Gasteiger charge is -2.02. The number of hydrogen-bond acceptors (Lipinski definition) is 1. The summed E-state index contributed by atoms with van der Waals surface area (Å²) in [4.78, 5) is 10.7. The highest BCUT2D eigenvalue weighted by molar-refractivity contribution is 6.30. The zero-order valence-electron chi connectivity index (χ0n) is 6.94. The van der Waals surface area contributed by atoms with Gasteiger partial charge in [0, 0.05) is 18.7 Å². The third kappa shape index (κ3) is 2.55. The van der Waals surface area contributed by atoms with Crippen LogP contribution in [0, 0.1) is 13.0 Å². The Hall–Kier alpha value is -1.02. The van der Waals surface area contributed by atoms with Gasteiger partial charge in [-0.15, -0.1) is 0 Å². The minimum absolute atomic E-state index is 0.100. The Kier molecular flexibility index (Phi) is 2.71. The first kappa shape index (κ1) is 9.07. The minimum Gasteiger partial charge on any atom is -0.326 e. The third-order valence-corrected chi connectivity index (χ3v) is 1.49. The Labute approximate surface area is 76.5 Å². The second-order valence-electron chi connectivity index (χ2n) is 2.58. The van der Waals surface area contributed by atoms with Gasteiger partial charge in [0.1, 0.15) is 0 Å². The Morgan fingerprint density at radius 3 is 2.75 bits per heavy atom. The first-order valence-electron chi connectivity index (χ1n) is 3.55. The predicted molar refractivity (Wildman–Crippen MR) is 49.3 cm³/mol. The van der Waals surface area contributed by atoms with E-state index in [9.17, 15) is 4.79 Å². The Morgan fingerprint density at radius 1 is 1.58 bits per heavy atom. The van der Waals surface area contributed by atoms with E-state index in [1.54, 1.807) is 6.07 Å². The molecule has 0 heterocycles. The number of rotatable bonds is 1. The molecule has 12 heavy (non-hydrogen) atoms.